The summed E-state index contributed by atoms with van der Waals surface area (Å²) in [5.41, 5.74) is 9.73. The molecule has 1 amide bonds. The van der Waals surface area contributed by atoms with E-state index in [0.717, 1.165) is 18.4 Å². The van der Waals surface area contributed by atoms with Gasteiger partial charge in [0.25, 0.3) is 5.91 Å². The number of carbonyl (C=O) groups is 1. The molecule has 0 saturated heterocycles. The molecule has 1 atom stereocenters. The van der Waals surface area contributed by atoms with Gasteiger partial charge in [0.2, 0.25) is 5.95 Å². The number of hydrogen-bond acceptors (Lipinski definition) is 5. The van der Waals surface area contributed by atoms with Gasteiger partial charge < -0.3 is 11.1 Å². The summed E-state index contributed by atoms with van der Waals surface area (Å²) in [5.74, 6) is 0.0254. The summed E-state index contributed by atoms with van der Waals surface area (Å²) < 4.78 is 0. The molecule has 1 aliphatic carbocycles. The Bertz CT molecular complexity index is 923. The number of aryl methyl sites for hydroxylation is 1. The number of nitrogen functional groups attached to an aromatic ring is 1. The molecule has 3 aromatic rings. The minimum Gasteiger partial charge on any atom is -0.368 e. The van der Waals surface area contributed by atoms with E-state index in [1.807, 2.05) is 18.2 Å². The first-order valence-electron chi connectivity index (χ1n) is 8.14. The highest BCUT2D eigenvalue weighted by Gasteiger charge is 2.24. The number of benzene rings is 1. The number of hydrogen-bond donors (Lipinski definition) is 2. The molecule has 1 aromatic carbocycles. The van der Waals surface area contributed by atoms with Gasteiger partial charge in [0.1, 0.15) is 5.69 Å². The van der Waals surface area contributed by atoms with Crippen molar-refractivity contribution in [1.82, 2.24) is 20.3 Å². The van der Waals surface area contributed by atoms with Crippen molar-refractivity contribution in [1.29, 1.82) is 0 Å². The van der Waals surface area contributed by atoms with E-state index in [4.69, 9.17) is 5.73 Å². The largest absolute Gasteiger partial charge is 0.368 e. The lowest BCUT2D eigenvalue weighted by atomic mass is 10.1. The third-order valence-electron chi connectivity index (χ3n) is 4.39. The van der Waals surface area contributed by atoms with Crippen LogP contribution in [-0.2, 0) is 6.42 Å². The third-order valence-corrected chi connectivity index (χ3v) is 4.39. The number of amides is 1. The van der Waals surface area contributed by atoms with Gasteiger partial charge in [0.05, 0.1) is 11.7 Å². The molecule has 2 aromatic heterocycles. The number of pyridine rings is 1. The number of nitrogens with two attached hydrogens (primary N) is 1. The molecule has 3 N–H and O–H groups in total. The Hall–Kier alpha value is -3.28. The summed E-state index contributed by atoms with van der Waals surface area (Å²) in [6, 6.07) is 13.6. The van der Waals surface area contributed by atoms with Gasteiger partial charge >= 0.3 is 0 Å². The molecule has 1 aliphatic rings. The lowest BCUT2D eigenvalue weighted by molar-refractivity contribution is 0.0932. The Morgan fingerprint density at radius 2 is 1.88 bits per heavy atom. The first-order chi connectivity index (χ1) is 12.2. The minimum absolute atomic E-state index is 0.0361. The fourth-order valence-corrected chi connectivity index (χ4v) is 3.13. The third kappa shape index (κ3) is 3.06. The first-order valence-corrected chi connectivity index (χ1v) is 8.14. The van der Waals surface area contributed by atoms with Crippen LogP contribution in [0, 0.1) is 0 Å². The second-order valence-corrected chi connectivity index (χ2v) is 6.00. The van der Waals surface area contributed by atoms with Gasteiger partial charge in [-0.05, 0) is 36.1 Å². The molecule has 124 valence electrons. The maximum Gasteiger partial charge on any atom is 0.270 e. The number of nitrogens with zero attached hydrogens (tertiary/aromatic N) is 3. The van der Waals surface area contributed by atoms with Gasteiger partial charge in [0.15, 0.2) is 0 Å². The molecule has 2 heterocycles. The van der Waals surface area contributed by atoms with Crippen molar-refractivity contribution in [3.8, 4) is 11.3 Å². The topological polar surface area (TPSA) is 93.8 Å². The Morgan fingerprint density at radius 3 is 2.72 bits per heavy atom. The Balaban J connectivity index is 1.55. The number of aromatic nitrogens is 3. The number of carbonyl (C=O) groups excluding carboxylic acids is 1. The molecule has 0 unspecified atom stereocenters. The standard InChI is InChI=1S/C19H17N5O/c20-19-21-10-13(11-22-19)15-6-3-7-17(23-15)18(25)24-16-9-8-12-4-1-2-5-14(12)16/h1-7,10-11,16H,8-9H2,(H,24,25)(H2,20,21,22)/t16-/m1/s1. The van der Waals surface area contributed by atoms with E-state index in [9.17, 15) is 4.79 Å². The summed E-state index contributed by atoms with van der Waals surface area (Å²) in [7, 11) is 0. The molecular formula is C19H17N5O. The van der Waals surface area contributed by atoms with E-state index in [0.29, 0.717) is 11.4 Å². The second-order valence-electron chi connectivity index (χ2n) is 6.00. The van der Waals surface area contributed by atoms with Crippen LogP contribution in [-0.4, -0.2) is 20.9 Å². The SMILES string of the molecule is Nc1ncc(-c2cccc(C(=O)N[C@@H]3CCc4ccccc43)n2)cn1. The smallest absolute Gasteiger partial charge is 0.270 e. The van der Waals surface area contributed by atoms with Crippen molar-refractivity contribution < 1.29 is 4.79 Å². The fourth-order valence-electron chi connectivity index (χ4n) is 3.13. The van der Waals surface area contributed by atoms with Crippen LogP contribution in [0.3, 0.4) is 0 Å². The molecule has 0 fully saturated rings. The zero-order valence-corrected chi connectivity index (χ0v) is 13.5. The van der Waals surface area contributed by atoms with E-state index >= 15 is 0 Å². The van der Waals surface area contributed by atoms with Crippen molar-refractivity contribution >= 4 is 11.9 Å². The lowest BCUT2D eigenvalue weighted by Crippen LogP contribution is -2.27. The summed E-state index contributed by atoms with van der Waals surface area (Å²) in [5, 5.41) is 3.09. The van der Waals surface area contributed by atoms with Crippen LogP contribution in [0.25, 0.3) is 11.3 Å². The Labute approximate surface area is 145 Å². The molecule has 25 heavy (non-hydrogen) atoms. The van der Waals surface area contributed by atoms with Crippen LogP contribution in [0.2, 0.25) is 0 Å². The zero-order valence-electron chi connectivity index (χ0n) is 13.5. The monoisotopic (exact) mass is 331 g/mol. The molecule has 0 aliphatic heterocycles. The predicted molar refractivity (Wildman–Crippen MR) is 94.6 cm³/mol. The Kier molecular flexibility index (Phi) is 3.85. The minimum atomic E-state index is -0.181. The predicted octanol–water partition coefficient (Wildman–Crippen LogP) is 2.54. The average molecular weight is 331 g/mol. The molecule has 0 saturated carbocycles. The quantitative estimate of drug-likeness (QED) is 0.769. The normalized spacial score (nSPS) is 15.6. The number of nitrogens with one attached hydrogen (secondary N) is 1. The van der Waals surface area contributed by atoms with E-state index < -0.39 is 0 Å². The molecule has 6 heteroatoms. The van der Waals surface area contributed by atoms with E-state index in [-0.39, 0.29) is 17.9 Å². The first kappa shape index (κ1) is 15.3. The number of anilines is 1. The summed E-state index contributed by atoms with van der Waals surface area (Å²) in [6.07, 6.45) is 5.09. The van der Waals surface area contributed by atoms with Crippen LogP contribution in [0.1, 0.15) is 34.1 Å². The van der Waals surface area contributed by atoms with Crippen LogP contribution in [0.5, 0.6) is 0 Å². The summed E-state index contributed by atoms with van der Waals surface area (Å²) >= 11 is 0. The van der Waals surface area contributed by atoms with Gasteiger partial charge in [-0.15, -0.1) is 0 Å². The van der Waals surface area contributed by atoms with Gasteiger partial charge in [-0.25, -0.2) is 15.0 Å². The second kappa shape index (κ2) is 6.32. The molecule has 0 radical (unpaired) electrons. The number of rotatable bonds is 3. The maximum absolute atomic E-state index is 12.6. The van der Waals surface area contributed by atoms with Crippen LogP contribution in [0.15, 0.2) is 54.9 Å². The molecular weight excluding hydrogens is 314 g/mol. The highest BCUT2D eigenvalue weighted by atomic mass is 16.1. The molecule has 4 rings (SSSR count). The average Bonchev–Trinajstić information content (AvgIpc) is 3.05. The van der Waals surface area contributed by atoms with Crippen molar-refractivity contribution in [3.63, 3.8) is 0 Å². The fraction of sp³-hybridized carbons (Fsp3) is 0.158. The summed E-state index contributed by atoms with van der Waals surface area (Å²) in [4.78, 5) is 25.0. The molecule has 6 nitrogen and oxygen atoms in total. The van der Waals surface area contributed by atoms with Gasteiger partial charge in [-0.3, -0.25) is 4.79 Å². The van der Waals surface area contributed by atoms with Crippen molar-refractivity contribution in [2.45, 2.75) is 18.9 Å². The van der Waals surface area contributed by atoms with Gasteiger partial charge in [-0.1, -0.05) is 30.3 Å². The Morgan fingerprint density at radius 1 is 1.08 bits per heavy atom. The highest BCUT2D eigenvalue weighted by Crippen LogP contribution is 2.30. The van der Waals surface area contributed by atoms with Crippen LogP contribution < -0.4 is 11.1 Å². The van der Waals surface area contributed by atoms with Crippen molar-refractivity contribution in [2.24, 2.45) is 0 Å². The number of fused-ring (bicyclic) bond motifs is 1. The summed E-state index contributed by atoms with van der Waals surface area (Å²) in [6.45, 7) is 0. The van der Waals surface area contributed by atoms with Crippen molar-refractivity contribution in [2.75, 3.05) is 5.73 Å². The van der Waals surface area contributed by atoms with Crippen molar-refractivity contribution in [3.05, 3.63) is 71.7 Å². The van der Waals surface area contributed by atoms with Crippen LogP contribution >= 0.6 is 0 Å². The molecule has 0 bridgehead atoms. The van der Waals surface area contributed by atoms with E-state index in [1.54, 1.807) is 24.5 Å². The maximum atomic E-state index is 12.6. The van der Waals surface area contributed by atoms with E-state index in [2.05, 4.69) is 32.4 Å². The molecule has 0 spiro atoms. The van der Waals surface area contributed by atoms with Crippen LogP contribution in [0.4, 0.5) is 5.95 Å². The lowest BCUT2D eigenvalue weighted by Gasteiger charge is -2.14. The van der Waals surface area contributed by atoms with E-state index in [1.165, 1.54) is 11.1 Å². The van der Waals surface area contributed by atoms with Gasteiger partial charge in [-0.2, -0.15) is 0 Å². The zero-order chi connectivity index (χ0) is 17.2. The van der Waals surface area contributed by atoms with Gasteiger partial charge in [0, 0.05) is 18.0 Å². The highest BCUT2D eigenvalue weighted by molar-refractivity contribution is 5.93.